The number of hydrogen-bond donors (Lipinski definition) is 5. The molecule has 1 aliphatic rings. The molecule has 0 aromatic carbocycles. The van der Waals surface area contributed by atoms with Gasteiger partial charge in [-0.15, -0.1) is 0 Å². The molecule has 4 atom stereocenters. The zero-order valence-corrected chi connectivity index (χ0v) is 17.4. The van der Waals surface area contributed by atoms with E-state index in [0.29, 0.717) is 23.7 Å². The molecule has 0 saturated carbocycles. The monoisotopic (exact) mass is 418 g/mol. The SMILES string of the molecule is CCCCC#Cc1nc(N)c2nc(NCCCC)n([C@@H]3O[C@H](CO)[C@@H](O)[C@H]3O)c2n1. The number of aromatic nitrogens is 4. The smallest absolute Gasteiger partial charge is 0.208 e. The van der Waals surface area contributed by atoms with Gasteiger partial charge < -0.3 is 31.1 Å². The summed E-state index contributed by atoms with van der Waals surface area (Å²) in [4.78, 5) is 13.2. The van der Waals surface area contributed by atoms with Gasteiger partial charge in [0, 0.05) is 13.0 Å². The molecule has 3 heterocycles. The summed E-state index contributed by atoms with van der Waals surface area (Å²) in [5, 5.41) is 33.4. The number of anilines is 2. The van der Waals surface area contributed by atoms with Crippen LogP contribution in [0.4, 0.5) is 11.8 Å². The summed E-state index contributed by atoms with van der Waals surface area (Å²) in [6.45, 7) is 4.38. The molecule has 10 nitrogen and oxygen atoms in total. The first-order valence-corrected chi connectivity index (χ1v) is 10.4. The number of nitrogen functional groups attached to an aromatic ring is 1. The maximum absolute atomic E-state index is 10.6. The highest BCUT2D eigenvalue weighted by Gasteiger charge is 2.45. The molecule has 1 fully saturated rings. The van der Waals surface area contributed by atoms with Gasteiger partial charge in [-0.25, -0.2) is 15.0 Å². The molecule has 6 N–H and O–H groups in total. The van der Waals surface area contributed by atoms with Gasteiger partial charge in [0.2, 0.25) is 11.8 Å². The molecule has 164 valence electrons. The fourth-order valence-electron chi connectivity index (χ4n) is 3.29. The molecule has 1 saturated heterocycles. The largest absolute Gasteiger partial charge is 0.394 e. The lowest BCUT2D eigenvalue weighted by Gasteiger charge is -2.19. The van der Waals surface area contributed by atoms with Crippen LogP contribution in [0, 0.1) is 11.8 Å². The Morgan fingerprint density at radius 2 is 1.90 bits per heavy atom. The second kappa shape index (κ2) is 10.0. The summed E-state index contributed by atoms with van der Waals surface area (Å²) in [5.41, 5.74) is 6.82. The lowest BCUT2D eigenvalue weighted by atomic mass is 10.1. The Labute approximate surface area is 175 Å². The van der Waals surface area contributed by atoms with Crippen molar-refractivity contribution in [2.24, 2.45) is 0 Å². The van der Waals surface area contributed by atoms with Gasteiger partial charge in [0.1, 0.15) is 18.3 Å². The number of rotatable bonds is 8. The number of nitrogens with two attached hydrogens (primary N) is 1. The molecule has 3 rings (SSSR count). The predicted octanol–water partition coefficient (Wildman–Crippen LogP) is 0.774. The van der Waals surface area contributed by atoms with Gasteiger partial charge in [0.25, 0.3) is 0 Å². The second-order valence-corrected chi connectivity index (χ2v) is 7.32. The topological polar surface area (TPSA) is 152 Å². The van der Waals surface area contributed by atoms with Crippen LogP contribution in [0.25, 0.3) is 11.2 Å². The van der Waals surface area contributed by atoms with Gasteiger partial charge in [-0.1, -0.05) is 32.6 Å². The number of aliphatic hydroxyl groups excluding tert-OH is 3. The van der Waals surface area contributed by atoms with Gasteiger partial charge in [0.15, 0.2) is 23.2 Å². The average molecular weight is 418 g/mol. The zero-order chi connectivity index (χ0) is 21.7. The fraction of sp³-hybridized carbons (Fsp3) is 0.650. The number of nitrogens with zero attached hydrogens (tertiary/aromatic N) is 4. The number of nitrogens with one attached hydrogen (secondary N) is 1. The zero-order valence-electron chi connectivity index (χ0n) is 17.4. The number of aliphatic hydroxyl groups is 3. The van der Waals surface area contributed by atoms with E-state index in [4.69, 9.17) is 10.5 Å². The Hall–Kier alpha value is -2.45. The standard InChI is InChI=1S/C20H30N6O4/c1-3-5-7-8-9-13-23-17(21)14-18(24-13)26(20(25-14)22-10-6-4-2)19-16(29)15(28)12(11-27)30-19/h12,15-16,19,27-29H,3-7,10-11H2,1-2H3,(H,22,25)(H2,21,23,24)/t12-,15-,16-,19-/m1/s1. The fourth-order valence-corrected chi connectivity index (χ4v) is 3.29. The van der Waals surface area contributed by atoms with Crippen LogP contribution in [0.5, 0.6) is 0 Å². The molecular weight excluding hydrogens is 388 g/mol. The molecule has 0 unspecified atom stereocenters. The molecule has 0 aliphatic carbocycles. The first kappa shape index (κ1) is 22.2. The minimum absolute atomic E-state index is 0.170. The van der Waals surface area contributed by atoms with E-state index in [0.717, 1.165) is 32.1 Å². The Morgan fingerprint density at radius 1 is 1.13 bits per heavy atom. The van der Waals surface area contributed by atoms with Crippen LogP contribution in [-0.2, 0) is 4.74 Å². The molecule has 0 spiro atoms. The van der Waals surface area contributed by atoms with Crippen molar-refractivity contribution in [3.8, 4) is 11.8 Å². The van der Waals surface area contributed by atoms with E-state index in [2.05, 4.69) is 46.0 Å². The summed E-state index contributed by atoms with van der Waals surface area (Å²) in [6.07, 6.45) is 0.220. The van der Waals surface area contributed by atoms with Crippen LogP contribution in [0.1, 0.15) is 58.0 Å². The highest BCUT2D eigenvalue weighted by Crippen LogP contribution is 2.35. The molecular formula is C20H30N6O4. The number of imidazole rings is 1. The Balaban J connectivity index is 2.06. The molecule has 0 bridgehead atoms. The van der Waals surface area contributed by atoms with Crippen LogP contribution in [0.2, 0.25) is 0 Å². The Kier molecular flexibility index (Phi) is 7.44. The minimum Gasteiger partial charge on any atom is -0.394 e. The van der Waals surface area contributed by atoms with E-state index < -0.39 is 31.1 Å². The van der Waals surface area contributed by atoms with Crippen LogP contribution in [-0.4, -0.2) is 66.3 Å². The maximum Gasteiger partial charge on any atom is 0.208 e. The molecule has 30 heavy (non-hydrogen) atoms. The molecule has 2 aromatic heterocycles. The summed E-state index contributed by atoms with van der Waals surface area (Å²) >= 11 is 0. The van der Waals surface area contributed by atoms with Crippen LogP contribution in [0.15, 0.2) is 0 Å². The van der Waals surface area contributed by atoms with Crippen LogP contribution in [0.3, 0.4) is 0 Å². The van der Waals surface area contributed by atoms with Gasteiger partial charge in [-0.3, -0.25) is 4.57 Å². The third kappa shape index (κ3) is 4.49. The van der Waals surface area contributed by atoms with E-state index in [-0.39, 0.29) is 11.6 Å². The van der Waals surface area contributed by atoms with E-state index >= 15 is 0 Å². The summed E-state index contributed by atoms with van der Waals surface area (Å²) in [5.74, 6) is 6.78. The van der Waals surface area contributed by atoms with Gasteiger partial charge in [-0.05, 0) is 18.8 Å². The highest BCUT2D eigenvalue weighted by molar-refractivity contribution is 5.84. The predicted molar refractivity (Wildman–Crippen MR) is 113 cm³/mol. The summed E-state index contributed by atoms with van der Waals surface area (Å²) < 4.78 is 7.28. The van der Waals surface area contributed by atoms with E-state index in [9.17, 15) is 15.3 Å². The molecule has 10 heteroatoms. The average Bonchev–Trinajstić information content (AvgIpc) is 3.23. The van der Waals surface area contributed by atoms with Crippen molar-refractivity contribution in [2.75, 3.05) is 24.2 Å². The maximum atomic E-state index is 10.6. The van der Waals surface area contributed by atoms with Gasteiger partial charge >= 0.3 is 0 Å². The first-order chi connectivity index (χ1) is 14.5. The Bertz CT molecular complexity index is 921. The third-order valence-corrected chi connectivity index (χ3v) is 5.01. The van der Waals surface area contributed by atoms with Crippen molar-refractivity contribution >= 4 is 22.9 Å². The first-order valence-electron chi connectivity index (χ1n) is 10.4. The third-order valence-electron chi connectivity index (χ3n) is 5.01. The van der Waals surface area contributed by atoms with Gasteiger partial charge in [-0.2, -0.15) is 0 Å². The number of unbranched alkanes of at least 4 members (excludes halogenated alkanes) is 3. The molecule has 2 aromatic rings. The lowest BCUT2D eigenvalue weighted by Crippen LogP contribution is -2.33. The Morgan fingerprint density at radius 3 is 2.57 bits per heavy atom. The van der Waals surface area contributed by atoms with E-state index in [1.807, 2.05) is 0 Å². The van der Waals surface area contributed by atoms with Crippen molar-refractivity contribution in [1.82, 2.24) is 19.5 Å². The van der Waals surface area contributed by atoms with Crippen LogP contribution < -0.4 is 11.1 Å². The number of ether oxygens (including phenoxy) is 1. The number of hydrogen-bond acceptors (Lipinski definition) is 9. The molecule has 0 amide bonds. The van der Waals surface area contributed by atoms with Crippen molar-refractivity contribution in [1.29, 1.82) is 0 Å². The second-order valence-electron chi connectivity index (χ2n) is 7.32. The van der Waals surface area contributed by atoms with E-state index in [1.165, 1.54) is 0 Å². The van der Waals surface area contributed by atoms with Crippen molar-refractivity contribution in [3.63, 3.8) is 0 Å². The normalized spacial score (nSPS) is 23.5. The van der Waals surface area contributed by atoms with Gasteiger partial charge in [0.05, 0.1) is 6.61 Å². The summed E-state index contributed by atoms with van der Waals surface area (Å²) in [6, 6.07) is 0. The van der Waals surface area contributed by atoms with Crippen LogP contribution >= 0.6 is 0 Å². The highest BCUT2D eigenvalue weighted by atomic mass is 16.6. The van der Waals surface area contributed by atoms with Crippen molar-refractivity contribution in [3.05, 3.63) is 5.82 Å². The van der Waals surface area contributed by atoms with Crippen molar-refractivity contribution in [2.45, 2.75) is 70.5 Å². The quantitative estimate of drug-likeness (QED) is 0.309. The van der Waals surface area contributed by atoms with E-state index in [1.54, 1.807) is 4.57 Å². The number of fused-ring (bicyclic) bond motifs is 1. The lowest BCUT2D eigenvalue weighted by molar-refractivity contribution is -0.0501. The molecule has 0 radical (unpaired) electrons. The minimum atomic E-state index is -1.28. The molecule has 1 aliphatic heterocycles. The summed E-state index contributed by atoms with van der Waals surface area (Å²) in [7, 11) is 0. The van der Waals surface area contributed by atoms with Crippen molar-refractivity contribution < 1.29 is 20.1 Å².